The number of methoxy groups -OCH3 is 2. The molecule has 2 aromatic carbocycles. The molecule has 0 aliphatic heterocycles. The van der Waals surface area contributed by atoms with E-state index in [0.29, 0.717) is 39.6 Å². The van der Waals surface area contributed by atoms with Gasteiger partial charge in [-0.05, 0) is 64.3 Å². The van der Waals surface area contributed by atoms with E-state index in [4.69, 9.17) is 25.8 Å². The Hall–Kier alpha value is -3.46. The third kappa shape index (κ3) is 7.44. The van der Waals surface area contributed by atoms with Crippen LogP contribution in [0.1, 0.15) is 78.4 Å². The molecular weight excluding hydrogens is 544 g/mol. The van der Waals surface area contributed by atoms with Crippen LogP contribution in [-0.2, 0) is 11.1 Å². The van der Waals surface area contributed by atoms with Crippen LogP contribution in [0.5, 0.6) is 17.2 Å². The Balaban J connectivity index is 1.50. The molecule has 0 amide bonds. The molecule has 1 aliphatic carbocycles. The highest BCUT2D eigenvalue weighted by Crippen LogP contribution is 2.39. The summed E-state index contributed by atoms with van der Waals surface area (Å²) in [5.74, 6) is 1.25. The van der Waals surface area contributed by atoms with Crippen molar-refractivity contribution >= 4 is 23.2 Å². The highest BCUT2D eigenvalue weighted by atomic mass is 35.5. The third-order valence-electron chi connectivity index (χ3n) is 7.29. The van der Waals surface area contributed by atoms with Crippen molar-refractivity contribution in [3.05, 3.63) is 82.1 Å². The lowest BCUT2D eigenvalue weighted by Crippen LogP contribution is -2.40. The molecule has 1 fully saturated rings. The van der Waals surface area contributed by atoms with E-state index in [1.165, 1.54) is 7.11 Å². The average Bonchev–Trinajstić information content (AvgIpc) is 3.79. The Bertz CT molecular complexity index is 1400. The van der Waals surface area contributed by atoms with Gasteiger partial charge < -0.3 is 24.6 Å². The van der Waals surface area contributed by atoms with E-state index in [0.717, 1.165) is 12.8 Å². The van der Waals surface area contributed by atoms with Gasteiger partial charge in [0.1, 0.15) is 5.60 Å². The van der Waals surface area contributed by atoms with Crippen molar-refractivity contribution in [3.8, 4) is 17.2 Å². The van der Waals surface area contributed by atoms with Gasteiger partial charge in [0.2, 0.25) is 0 Å². The molecule has 9 heteroatoms. The molecule has 1 unspecified atom stereocenters. The van der Waals surface area contributed by atoms with Crippen LogP contribution in [0.4, 0.5) is 0 Å². The predicted octanol–water partition coefficient (Wildman–Crippen LogP) is 5.87. The summed E-state index contributed by atoms with van der Waals surface area (Å²) in [6.07, 6.45) is 2.40. The number of carbonyl (C=O) groups is 2. The largest absolute Gasteiger partial charge is 0.493 e. The second-order valence-electron chi connectivity index (χ2n) is 11.0. The number of ether oxygens (including phenoxy) is 3. The summed E-state index contributed by atoms with van der Waals surface area (Å²) < 4.78 is 16.8. The van der Waals surface area contributed by atoms with Crippen LogP contribution in [-0.4, -0.2) is 48.5 Å². The molecule has 1 atom stereocenters. The van der Waals surface area contributed by atoms with Crippen LogP contribution in [0.2, 0.25) is 5.15 Å². The van der Waals surface area contributed by atoms with E-state index in [1.807, 2.05) is 32.0 Å². The number of carbonyl (C=O) groups excluding carboxylic acids is 2. The third-order valence-corrected chi connectivity index (χ3v) is 7.55. The lowest BCUT2D eigenvalue weighted by molar-refractivity contribution is 0.0394. The monoisotopic (exact) mass is 580 g/mol. The number of rotatable bonds is 14. The van der Waals surface area contributed by atoms with Crippen LogP contribution in [0.15, 0.2) is 54.6 Å². The fraction of sp³-hybridized carbons (Fsp3) is 0.406. The molecule has 0 spiro atoms. The number of aliphatic hydroxyl groups is 1. The molecule has 1 saturated carbocycles. The van der Waals surface area contributed by atoms with Crippen molar-refractivity contribution in [3.63, 3.8) is 0 Å². The molecule has 2 N–H and O–H groups in total. The zero-order valence-electron chi connectivity index (χ0n) is 24.1. The van der Waals surface area contributed by atoms with Crippen molar-refractivity contribution in [2.24, 2.45) is 0 Å². The van der Waals surface area contributed by atoms with Crippen LogP contribution in [0.25, 0.3) is 0 Å². The minimum Gasteiger partial charge on any atom is -0.493 e. The molecule has 218 valence electrons. The summed E-state index contributed by atoms with van der Waals surface area (Å²) in [5, 5.41) is 14.8. The first kappa shape index (κ1) is 30.5. The molecule has 41 heavy (non-hydrogen) atoms. The minimum atomic E-state index is -1.48. The summed E-state index contributed by atoms with van der Waals surface area (Å²) >= 11 is 6.52. The van der Waals surface area contributed by atoms with Gasteiger partial charge >= 0.3 is 0 Å². The fourth-order valence-electron chi connectivity index (χ4n) is 4.49. The van der Waals surface area contributed by atoms with E-state index in [9.17, 15) is 14.7 Å². The summed E-state index contributed by atoms with van der Waals surface area (Å²) in [6.45, 7) is 5.47. The Labute approximate surface area is 246 Å². The van der Waals surface area contributed by atoms with Gasteiger partial charge in [-0.2, -0.15) is 0 Å². The van der Waals surface area contributed by atoms with Crippen molar-refractivity contribution in [2.75, 3.05) is 20.8 Å². The number of Topliss-reactive ketones (excluding diaryl/α,β-unsaturated/α-hetero) is 2. The first-order valence-electron chi connectivity index (χ1n) is 13.6. The summed E-state index contributed by atoms with van der Waals surface area (Å²) in [4.78, 5) is 30.2. The Morgan fingerprint density at radius 1 is 0.976 bits per heavy atom. The molecule has 1 heterocycles. The van der Waals surface area contributed by atoms with Crippen LogP contribution < -0.4 is 19.5 Å². The van der Waals surface area contributed by atoms with Crippen LogP contribution in [0.3, 0.4) is 0 Å². The van der Waals surface area contributed by atoms with Crippen molar-refractivity contribution in [2.45, 2.75) is 63.7 Å². The molecule has 0 radical (unpaired) electrons. The number of aromatic nitrogens is 1. The van der Waals surface area contributed by atoms with Crippen LogP contribution in [0, 0.1) is 0 Å². The molecule has 0 bridgehead atoms. The molecular formula is C32H37ClN2O6. The van der Waals surface area contributed by atoms with Crippen LogP contribution >= 0.6 is 11.6 Å². The summed E-state index contributed by atoms with van der Waals surface area (Å²) in [7, 11) is 3.03. The maximum Gasteiger partial charge on any atom is 0.176 e. The van der Waals surface area contributed by atoms with Gasteiger partial charge in [-0.15, -0.1) is 0 Å². The standard InChI is InChI=1S/C32H37ClN2O6/c1-31(2,34-19-25(37)20-9-7-6-8-10-20)23-18-28(35-30(33)29(23)40-5)32(3,38)16-15-24(36)21-11-14-26(27(17-21)39-4)41-22-12-13-22/h6-11,14,17-18,22,34,38H,12-13,15-16,19H2,1-5H3. The Morgan fingerprint density at radius 3 is 2.32 bits per heavy atom. The average molecular weight is 581 g/mol. The number of hydrogen-bond acceptors (Lipinski definition) is 8. The lowest BCUT2D eigenvalue weighted by atomic mass is 9.88. The first-order valence-corrected chi connectivity index (χ1v) is 14.0. The molecule has 4 rings (SSSR count). The summed E-state index contributed by atoms with van der Waals surface area (Å²) in [6, 6.07) is 15.9. The van der Waals surface area contributed by atoms with Gasteiger partial charge in [0.25, 0.3) is 0 Å². The Morgan fingerprint density at radius 2 is 1.68 bits per heavy atom. The maximum atomic E-state index is 13.1. The molecule has 1 aromatic heterocycles. The van der Waals surface area contributed by atoms with E-state index >= 15 is 0 Å². The van der Waals surface area contributed by atoms with Gasteiger partial charge in [-0.1, -0.05) is 41.9 Å². The number of pyridine rings is 1. The van der Waals surface area contributed by atoms with Crippen molar-refractivity contribution in [1.29, 1.82) is 0 Å². The second kappa shape index (κ2) is 12.6. The quantitative estimate of drug-likeness (QED) is 0.180. The zero-order chi connectivity index (χ0) is 29.8. The number of nitrogens with one attached hydrogen (secondary N) is 1. The first-order chi connectivity index (χ1) is 19.4. The lowest BCUT2D eigenvalue weighted by Gasteiger charge is -2.31. The number of halogens is 1. The topological polar surface area (TPSA) is 107 Å². The van der Waals surface area contributed by atoms with Gasteiger partial charge in [-0.3, -0.25) is 9.59 Å². The van der Waals surface area contributed by atoms with Gasteiger partial charge in [-0.25, -0.2) is 4.98 Å². The van der Waals surface area contributed by atoms with Crippen molar-refractivity contribution < 1.29 is 28.9 Å². The normalized spacial score (nSPS) is 14.7. The van der Waals surface area contributed by atoms with Crippen molar-refractivity contribution in [1.82, 2.24) is 10.3 Å². The van der Waals surface area contributed by atoms with Gasteiger partial charge in [0.15, 0.2) is 34.0 Å². The Kier molecular flexibility index (Phi) is 9.37. The van der Waals surface area contributed by atoms with Gasteiger partial charge in [0, 0.05) is 28.7 Å². The molecule has 0 saturated heterocycles. The highest BCUT2D eigenvalue weighted by Gasteiger charge is 2.33. The highest BCUT2D eigenvalue weighted by molar-refractivity contribution is 6.31. The fourth-order valence-corrected chi connectivity index (χ4v) is 4.76. The number of ketones is 2. The smallest absolute Gasteiger partial charge is 0.176 e. The number of benzene rings is 2. The maximum absolute atomic E-state index is 13.1. The predicted molar refractivity (Wildman–Crippen MR) is 157 cm³/mol. The minimum absolute atomic E-state index is 0.0624. The SMILES string of the molecule is COc1cc(C(=O)CCC(C)(O)c2cc(C(C)(C)NCC(=O)c3ccccc3)c(OC)c(Cl)n2)ccc1OC1CC1. The zero-order valence-corrected chi connectivity index (χ0v) is 24.9. The van der Waals surface area contributed by atoms with E-state index in [-0.39, 0.29) is 42.2 Å². The molecule has 1 aliphatic rings. The number of nitrogens with zero attached hydrogens (tertiary/aromatic N) is 1. The van der Waals surface area contributed by atoms with E-state index < -0.39 is 11.1 Å². The number of hydrogen-bond donors (Lipinski definition) is 2. The van der Waals surface area contributed by atoms with E-state index in [2.05, 4.69) is 10.3 Å². The van der Waals surface area contributed by atoms with E-state index in [1.54, 1.807) is 50.4 Å². The molecule has 3 aromatic rings. The van der Waals surface area contributed by atoms with Gasteiger partial charge in [0.05, 0.1) is 32.6 Å². The molecule has 8 nitrogen and oxygen atoms in total. The second-order valence-corrected chi connectivity index (χ2v) is 11.4. The summed E-state index contributed by atoms with van der Waals surface area (Å²) in [5.41, 5.74) is -0.263.